The first-order valence-electron chi connectivity index (χ1n) is 17.9. The molecule has 1 aliphatic rings. The quantitative estimate of drug-likeness (QED) is 0.115. The van der Waals surface area contributed by atoms with Gasteiger partial charge in [0, 0.05) is 0 Å². The molecule has 0 radical (unpaired) electrons. The lowest BCUT2D eigenvalue weighted by atomic mass is 9.75. The molecule has 0 heterocycles. The van der Waals surface area contributed by atoms with E-state index in [1.807, 2.05) is 60.7 Å². The molecular formula is C43H44O9S2Si. The lowest BCUT2D eigenvalue weighted by Gasteiger charge is -2.43. The third kappa shape index (κ3) is 7.31. The molecule has 5 aromatic carbocycles. The van der Waals surface area contributed by atoms with Crippen LogP contribution in [0.5, 0.6) is 0 Å². The van der Waals surface area contributed by atoms with Crippen molar-refractivity contribution in [2.75, 3.05) is 14.2 Å². The van der Waals surface area contributed by atoms with Crippen LogP contribution in [0.1, 0.15) is 37.5 Å². The van der Waals surface area contributed by atoms with Gasteiger partial charge in [0.2, 0.25) is 19.7 Å². The van der Waals surface area contributed by atoms with Gasteiger partial charge in [-0.05, 0) is 75.3 Å². The van der Waals surface area contributed by atoms with Crippen LogP contribution in [-0.2, 0) is 62.6 Å². The lowest BCUT2D eigenvalue weighted by Crippen LogP contribution is -2.66. The Bertz CT molecular complexity index is 2360. The van der Waals surface area contributed by atoms with Crippen LogP contribution >= 0.6 is 0 Å². The number of carbonyl (C=O) groups is 2. The Hall–Kier alpha value is -4.88. The van der Waals surface area contributed by atoms with Crippen molar-refractivity contribution in [2.24, 2.45) is 11.8 Å². The second-order valence-electron chi connectivity index (χ2n) is 14.6. The van der Waals surface area contributed by atoms with Gasteiger partial charge >= 0.3 is 11.9 Å². The van der Waals surface area contributed by atoms with Crippen LogP contribution in [-0.4, -0.2) is 51.3 Å². The fourth-order valence-electron chi connectivity index (χ4n) is 7.83. The number of sulfone groups is 2. The van der Waals surface area contributed by atoms with Gasteiger partial charge in [0.1, 0.15) is 0 Å². The molecule has 0 bridgehead atoms. The Kier molecular flexibility index (Phi) is 11.4. The summed E-state index contributed by atoms with van der Waals surface area (Å²) in [4.78, 5) is 26.3. The van der Waals surface area contributed by atoms with Gasteiger partial charge in [0.05, 0.1) is 52.2 Å². The number of methoxy groups -OCH3 is 2. The number of hydrogen-bond donors (Lipinski definition) is 0. The summed E-state index contributed by atoms with van der Waals surface area (Å²) in [5.74, 6) is -3.78. The zero-order chi connectivity index (χ0) is 39.6. The van der Waals surface area contributed by atoms with Crippen molar-refractivity contribution in [3.8, 4) is 0 Å². The van der Waals surface area contributed by atoms with Crippen molar-refractivity contribution < 1.29 is 40.3 Å². The highest BCUT2D eigenvalue weighted by atomic mass is 32.2. The Labute approximate surface area is 324 Å². The topological polar surface area (TPSA) is 130 Å². The van der Waals surface area contributed by atoms with E-state index in [4.69, 9.17) is 13.9 Å². The molecule has 6 rings (SSSR count). The number of fused-ring (bicyclic) bond motifs is 1. The Morgan fingerprint density at radius 1 is 0.618 bits per heavy atom. The zero-order valence-electron chi connectivity index (χ0n) is 31.4. The predicted molar refractivity (Wildman–Crippen MR) is 211 cm³/mol. The van der Waals surface area contributed by atoms with Gasteiger partial charge in [0.15, 0.2) is 0 Å². The van der Waals surface area contributed by atoms with Crippen LogP contribution in [0.15, 0.2) is 147 Å². The number of hydrogen-bond acceptors (Lipinski definition) is 9. The van der Waals surface area contributed by atoms with Gasteiger partial charge in [-0.15, -0.1) is 0 Å². The third-order valence-electron chi connectivity index (χ3n) is 10.4. The summed E-state index contributed by atoms with van der Waals surface area (Å²) in [7, 11) is -9.65. The van der Waals surface area contributed by atoms with E-state index < -0.39 is 56.8 Å². The fourth-order valence-corrected chi connectivity index (χ4v) is 15.7. The first-order valence-corrected chi connectivity index (χ1v) is 22.7. The Morgan fingerprint density at radius 3 is 1.44 bits per heavy atom. The summed E-state index contributed by atoms with van der Waals surface area (Å²) in [5.41, 5.74) is 0.366. The minimum atomic E-state index is -4.40. The van der Waals surface area contributed by atoms with Crippen molar-refractivity contribution in [1.29, 1.82) is 0 Å². The van der Waals surface area contributed by atoms with Crippen molar-refractivity contribution in [1.82, 2.24) is 0 Å². The van der Waals surface area contributed by atoms with Crippen molar-refractivity contribution >= 4 is 50.3 Å². The molecule has 55 heavy (non-hydrogen) atoms. The van der Waals surface area contributed by atoms with Gasteiger partial charge < -0.3 is 13.9 Å². The average Bonchev–Trinajstić information content (AvgIpc) is 3.20. The molecule has 0 fully saturated rings. The first kappa shape index (κ1) is 39.8. The highest BCUT2D eigenvalue weighted by Gasteiger charge is 2.51. The molecule has 0 unspecified atom stereocenters. The molecule has 0 saturated heterocycles. The smallest absolute Gasteiger partial charge is 0.309 e. The van der Waals surface area contributed by atoms with Gasteiger partial charge in [0.25, 0.3) is 8.32 Å². The minimum absolute atomic E-state index is 0.0144. The standard InChI is InChI=1S/C43H44O9S2Si/c1-43(2,3)55(33-22-14-8-15-23-33,34-24-16-9-17-25-34)52-29-30-26-39(53(46,47)31-18-10-6-11-19-31)35-27-37(41(44)50-4)38(42(45)51-5)28-36(35)40(30)54(48,49)32-20-12-7-13-21-32/h6-26,37-38H,27-29H2,1-5H3/t37-,38-/m1/s1. The molecule has 0 aromatic heterocycles. The molecule has 0 spiro atoms. The Balaban J connectivity index is 1.70. The maximum Gasteiger partial charge on any atom is 0.309 e. The SMILES string of the molecule is COC(=O)[C@@H]1Cc2c(S(=O)(=O)c3ccccc3)cc(CO[Si](c3ccccc3)(c3ccccc3)C(C)(C)C)c(S(=O)(=O)c3ccccc3)c2C[C@H]1C(=O)OC. The van der Waals surface area contributed by atoms with Crippen molar-refractivity contribution in [3.63, 3.8) is 0 Å². The molecule has 5 aromatic rings. The Morgan fingerprint density at radius 2 is 1.02 bits per heavy atom. The van der Waals surface area contributed by atoms with Gasteiger partial charge in [-0.3, -0.25) is 9.59 Å². The highest BCUT2D eigenvalue weighted by molar-refractivity contribution is 7.92. The average molecular weight is 797 g/mol. The van der Waals surface area contributed by atoms with Gasteiger partial charge in [-0.2, -0.15) is 0 Å². The van der Waals surface area contributed by atoms with E-state index >= 15 is 8.42 Å². The van der Waals surface area contributed by atoms with E-state index in [1.165, 1.54) is 44.6 Å². The van der Waals surface area contributed by atoms with E-state index in [2.05, 4.69) is 20.8 Å². The molecule has 0 aliphatic heterocycles. The van der Waals surface area contributed by atoms with E-state index in [-0.39, 0.29) is 55.7 Å². The summed E-state index contributed by atoms with van der Waals surface area (Å²) in [5, 5.41) is 1.40. The summed E-state index contributed by atoms with van der Waals surface area (Å²) in [6, 6.07) is 36.7. The number of ether oxygens (including phenoxy) is 2. The molecule has 1 aliphatic carbocycles. The molecule has 0 N–H and O–H groups in total. The summed E-state index contributed by atoms with van der Waals surface area (Å²) in [6.45, 7) is 5.98. The number of benzene rings is 5. The molecule has 0 amide bonds. The zero-order valence-corrected chi connectivity index (χ0v) is 34.0. The molecule has 12 heteroatoms. The van der Waals surface area contributed by atoms with Gasteiger partial charge in [-0.25, -0.2) is 16.8 Å². The second kappa shape index (κ2) is 15.7. The number of esters is 2. The molecule has 0 saturated carbocycles. The van der Waals surface area contributed by atoms with Crippen LogP contribution in [0.4, 0.5) is 0 Å². The van der Waals surface area contributed by atoms with Gasteiger partial charge in [-0.1, -0.05) is 118 Å². The number of rotatable bonds is 11. The largest absolute Gasteiger partial charge is 0.469 e. The maximum absolute atomic E-state index is 15.0. The summed E-state index contributed by atoms with van der Waals surface area (Å²) < 4.78 is 77.0. The van der Waals surface area contributed by atoms with Crippen LogP contribution in [0.3, 0.4) is 0 Å². The maximum atomic E-state index is 15.0. The lowest BCUT2D eigenvalue weighted by molar-refractivity contribution is -0.158. The predicted octanol–water partition coefficient (Wildman–Crippen LogP) is 6.11. The second-order valence-corrected chi connectivity index (χ2v) is 22.7. The molecule has 286 valence electrons. The van der Waals surface area contributed by atoms with Crippen molar-refractivity contribution in [3.05, 3.63) is 144 Å². The van der Waals surface area contributed by atoms with E-state index in [0.717, 1.165) is 10.4 Å². The van der Waals surface area contributed by atoms with E-state index in [0.29, 0.717) is 0 Å². The third-order valence-corrected chi connectivity index (χ3v) is 19.2. The summed E-state index contributed by atoms with van der Waals surface area (Å²) >= 11 is 0. The van der Waals surface area contributed by atoms with Crippen LogP contribution in [0.25, 0.3) is 0 Å². The van der Waals surface area contributed by atoms with Crippen LogP contribution in [0.2, 0.25) is 5.04 Å². The summed E-state index contributed by atoms with van der Waals surface area (Å²) in [6.07, 6.45) is -0.580. The molecular weight excluding hydrogens is 753 g/mol. The monoisotopic (exact) mass is 796 g/mol. The highest BCUT2D eigenvalue weighted by Crippen LogP contribution is 2.44. The van der Waals surface area contributed by atoms with Crippen LogP contribution < -0.4 is 10.4 Å². The molecule has 2 atom stereocenters. The molecule has 9 nitrogen and oxygen atoms in total. The van der Waals surface area contributed by atoms with Crippen molar-refractivity contribution in [2.45, 2.75) is 64.8 Å². The number of carbonyl (C=O) groups excluding carboxylic acids is 2. The normalized spacial score (nSPS) is 16.2. The fraction of sp³-hybridized carbons (Fsp3) is 0.256. The van der Waals surface area contributed by atoms with E-state index in [9.17, 15) is 18.0 Å². The first-order chi connectivity index (χ1) is 26.2. The van der Waals surface area contributed by atoms with E-state index in [1.54, 1.807) is 36.4 Å². The minimum Gasteiger partial charge on any atom is -0.469 e. The van der Waals surface area contributed by atoms with Crippen LogP contribution in [0, 0.1) is 11.8 Å².